The molecule has 3 heterocycles. The Hall–Kier alpha value is -2.08. The van der Waals surface area contributed by atoms with Gasteiger partial charge in [-0.2, -0.15) is 0 Å². The maximum absolute atomic E-state index is 12.6. The van der Waals surface area contributed by atoms with Crippen molar-refractivity contribution in [1.82, 2.24) is 15.0 Å². The van der Waals surface area contributed by atoms with Crippen molar-refractivity contribution in [2.75, 3.05) is 13.1 Å². The van der Waals surface area contributed by atoms with Gasteiger partial charge in [0, 0.05) is 32.1 Å². The van der Waals surface area contributed by atoms with E-state index in [4.69, 9.17) is 20.9 Å². The summed E-state index contributed by atoms with van der Waals surface area (Å²) in [5.41, 5.74) is 1.20. The topological polar surface area (TPSA) is 68.5 Å². The smallest absolute Gasteiger partial charge is 0.259 e. The molecule has 1 fully saturated rings. The minimum absolute atomic E-state index is 0.0103. The summed E-state index contributed by atoms with van der Waals surface area (Å²) in [4.78, 5) is 18.5. The van der Waals surface area contributed by atoms with Crippen LogP contribution in [0.3, 0.4) is 0 Å². The van der Waals surface area contributed by atoms with Gasteiger partial charge in [-0.05, 0) is 26.0 Å². The average molecular weight is 336 g/mol. The molecule has 122 valence electrons. The van der Waals surface area contributed by atoms with Gasteiger partial charge in [0.25, 0.3) is 5.91 Å². The van der Waals surface area contributed by atoms with Crippen LogP contribution in [0, 0.1) is 13.8 Å². The molecule has 0 saturated carbocycles. The lowest BCUT2D eigenvalue weighted by Gasteiger charge is -2.32. The quantitative estimate of drug-likeness (QED) is 0.862. The van der Waals surface area contributed by atoms with Crippen molar-refractivity contribution >= 4 is 17.5 Å². The van der Waals surface area contributed by atoms with Gasteiger partial charge in [-0.3, -0.25) is 4.79 Å². The predicted molar refractivity (Wildman–Crippen MR) is 84.8 cm³/mol. The van der Waals surface area contributed by atoms with Crippen molar-refractivity contribution in [3.8, 4) is 5.88 Å². The number of rotatable bonds is 3. The summed E-state index contributed by atoms with van der Waals surface area (Å²) >= 11 is 6.06. The zero-order valence-electron chi connectivity index (χ0n) is 13.1. The van der Waals surface area contributed by atoms with Gasteiger partial charge in [-0.1, -0.05) is 16.8 Å². The summed E-state index contributed by atoms with van der Waals surface area (Å²) in [5, 5.41) is 4.34. The van der Waals surface area contributed by atoms with Gasteiger partial charge in [0.05, 0.1) is 5.69 Å². The van der Waals surface area contributed by atoms with E-state index >= 15 is 0 Å². The summed E-state index contributed by atoms with van der Waals surface area (Å²) < 4.78 is 10.9. The Kier molecular flexibility index (Phi) is 4.52. The Bertz CT molecular complexity index is 689. The molecule has 0 spiro atoms. The Morgan fingerprint density at radius 3 is 2.74 bits per heavy atom. The first kappa shape index (κ1) is 15.8. The number of hydrogen-bond donors (Lipinski definition) is 0. The average Bonchev–Trinajstić information content (AvgIpc) is 2.88. The largest absolute Gasteiger partial charge is 0.473 e. The third-order valence-corrected chi connectivity index (χ3v) is 4.27. The van der Waals surface area contributed by atoms with Crippen molar-refractivity contribution in [3.63, 3.8) is 0 Å². The number of hydrogen-bond acceptors (Lipinski definition) is 5. The zero-order valence-corrected chi connectivity index (χ0v) is 13.8. The Morgan fingerprint density at radius 1 is 1.39 bits per heavy atom. The highest BCUT2D eigenvalue weighted by atomic mass is 35.5. The molecule has 1 saturated heterocycles. The maximum Gasteiger partial charge on any atom is 0.259 e. The first-order chi connectivity index (χ1) is 11.1. The van der Waals surface area contributed by atoms with Crippen LogP contribution in [0.4, 0.5) is 0 Å². The molecule has 0 unspecified atom stereocenters. The van der Waals surface area contributed by atoms with Crippen LogP contribution in [0.5, 0.6) is 5.88 Å². The molecule has 0 N–H and O–H groups in total. The minimum atomic E-state index is -0.0319. The van der Waals surface area contributed by atoms with E-state index in [0.717, 1.165) is 12.8 Å². The van der Waals surface area contributed by atoms with Gasteiger partial charge in [0.1, 0.15) is 22.5 Å². The molecule has 2 aromatic rings. The summed E-state index contributed by atoms with van der Waals surface area (Å²) in [6.45, 7) is 4.78. The standard InChI is InChI=1S/C16H18ClN3O3/c1-10-14(11(2)23-19-10)16(21)20-8-5-12(6-9-20)22-15-13(17)4-3-7-18-15/h3-4,7,12H,5-6,8-9H2,1-2H3. The number of likely N-dealkylation sites (tertiary alicyclic amines) is 1. The number of amides is 1. The normalized spacial score (nSPS) is 15.7. The number of aromatic nitrogens is 2. The fourth-order valence-corrected chi connectivity index (χ4v) is 2.91. The number of nitrogens with zero attached hydrogens (tertiary/aromatic N) is 3. The van der Waals surface area contributed by atoms with Crippen molar-refractivity contribution in [1.29, 1.82) is 0 Å². The van der Waals surface area contributed by atoms with Crippen LogP contribution in [0.25, 0.3) is 0 Å². The molecule has 1 aliphatic heterocycles. The van der Waals surface area contributed by atoms with Gasteiger partial charge >= 0.3 is 0 Å². The molecule has 3 rings (SSSR count). The summed E-state index contributed by atoms with van der Waals surface area (Å²) in [6.07, 6.45) is 3.14. The van der Waals surface area contributed by atoms with Crippen molar-refractivity contribution < 1.29 is 14.1 Å². The number of ether oxygens (including phenoxy) is 1. The van der Waals surface area contributed by atoms with E-state index in [1.807, 2.05) is 4.90 Å². The number of carbonyl (C=O) groups is 1. The number of aryl methyl sites for hydroxylation is 2. The second-order valence-corrected chi connectivity index (χ2v) is 6.01. The lowest BCUT2D eigenvalue weighted by Crippen LogP contribution is -2.42. The van der Waals surface area contributed by atoms with E-state index in [0.29, 0.717) is 41.0 Å². The van der Waals surface area contributed by atoms with Crippen molar-refractivity contribution in [3.05, 3.63) is 40.4 Å². The highest BCUT2D eigenvalue weighted by Gasteiger charge is 2.28. The molecule has 2 aromatic heterocycles. The van der Waals surface area contributed by atoms with Crippen LogP contribution in [-0.4, -0.2) is 40.1 Å². The third-order valence-electron chi connectivity index (χ3n) is 3.98. The number of carbonyl (C=O) groups excluding carboxylic acids is 1. The SMILES string of the molecule is Cc1noc(C)c1C(=O)N1CCC(Oc2ncccc2Cl)CC1. The van der Waals surface area contributed by atoms with Crippen LogP contribution in [0.1, 0.15) is 34.7 Å². The zero-order chi connectivity index (χ0) is 16.4. The van der Waals surface area contributed by atoms with Gasteiger partial charge in [0.15, 0.2) is 0 Å². The highest BCUT2D eigenvalue weighted by Crippen LogP contribution is 2.25. The lowest BCUT2D eigenvalue weighted by atomic mass is 10.1. The number of halogens is 1. The van der Waals surface area contributed by atoms with Crippen LogP contribution >= 0.6 is 11.6 Å². The molecule has 0 bridgehead atoms. The molecular formula is C16H18ClN3O3. The van der Waals surface area contributed by atoms with E-state index < -0.39 is 0 Å². The van der Waals surface area contributed by atoms with Gasteiger partial charge in [0.2, 0.25) is 5.88 Å². The molecule has 6 nitrogen and oxygen atoms in total. The number of pyridine rings is 1. The summed E-state index contributed by atoms with van der Waals surface area (Å²) in [6, 6.07) is 3.51. The Labute approximate surface area is 139 Å². The Morgan fingerprint density at radius 2 is 2.13 bits per heavy atom. The van der Waals surface area contributed by atoms with E-state index in [9.17, 15) is 4.79 Å². The van der Waals surface area contributed by atoms with Crippen LogP contribution in [0.2, 0.25) is 5.02 Å². The summed E-state index contributed by atoms with van der Waals surface area (Å²) in [5.74, 6) is 0.978. The third kappa shape index (κ3) is 3.32. The van der Waals surface area contributed by atoms with E-state index in [1.165, 1.54) is 0 Å². The van der Waals surface area contributed by atoms with E-state index in [1.54, 1.807) is 32.2 Å². The monoisotopic (exact) mass is 335 g/mol. The van der Waals surface area contributed by atoms with Crippen molar-refractivity contribution in [2.45, 2.75) is 32.8 Å². The van der Waals surface area contributed by atoms with Gasteiger partial charge in [-0.25, -0.2) is 4.98 Å². The second-order valence-electron chi connectivity index (χ2n) is 5.60. The number of piperidine rings is 1. The van der Waals surface area contributed by atoms with Crippen LogP contribution < -0.4 is 4.74 Å². The molecule has 0 aliphatic carbocycles. The first-order valence-electron chi connectivity index (χ1n) is 7.55. The van der Waals surface area contributed by atoms with Crippen LogP contribution in [-0.2, 0) is 0 Å². The molecule has 1 amide bonds. The molecule has 0 atom stereocenters. The van der Waals surface area contributed by atoms with Crippen molar-refractivity contribution in [2.24, 2.45) is 0 Å². The fraction of sp³-hybridized carbons (Fsp3) is 0.438. The second kappa shape index (κ2) is 6.58. The molecule has 7 heteroatoms. The Balaban J connectivity index is 1.60. The van der Waals surface area contributed by atoms with Crippen LogP contribution in [0.15, 0.2) is 22.9 Å². The molecule has 23 heavy (non-hydrogen) atoms. The van der Waals surface area contributed by atoms with Gasteiger partial charge < -0.3 is 14.2 Å². The maximum atomic E-state index is 12.6. The lowest BCUT2D eigenvalue weighted by molar-refractivity contribution is 0.0586. The highest BCUT2D eigenvalue weighted by molar-refractivity contribution is 6.31. The van der Waals surface area contributed by atoms with E-state index in [-0.39, 0.29) is 12.0 Å². The summed E-state index contributed by atoms with van der Waals surface area (Å²) in [7, 11) is 0. The fourth-order valence-electron chi connectivity index (χ4n) is 2.74. The molecular weight excluding hydrogens is 318 g/mol. The minimum Gasteiger partial charge on any atom is -0.473 e. The molecule has 0 radical (unpaired) electrons. The van der Waals surface area contributed by atoms with Gasteiger partial charge in [-0.15, -0.1) is 0 Å². The predicted octanol–water partition coefficient (Wildman–Crippen LogP) is 3.02. The molecule has 1 aliphatic rings. The molecule has 0 aromatic carbocycles. The first-order valence-corrected chi connectivity index (χ1v) is 7.93. The van der Waals surface area contributed by atoms with E-state index in [2.05, 4.69) is 10.1 Å².